The van der Waals surface area contributed by atoms with E-state index in [1.54, 1.807) is 0 Å². The number of rotatable bonds is 6. The van der Waals surface area contributed by atoms with Gasteiger partial charge in [-0.2, -0.15) is 0 Å². The van der Waals surface area contributed by atoms with Crippen molar-refractivity contribution < 1.29 is 4.79 Å². The van der Waals surface area contributed by atoms with Crippen LogP contribution in [0.3, 0.4) is 0 Å². The highest BCUT2D eigenvalue weighted by atomic mass is 16.2. The summed E-state index contributed by atoms with van der Waals surface area (Å²) in [6, 6.07) is 0.361. The van der Waals surface area contributed by atoms with E-state index in [0.717, 1.165) is 44.6 Å². The van der Waals surface area contributed by atoms with Gasteiger partial charge in [0.15, 0.2) is 5.69 Å². The van der Waals surface area contributed by atoms with Gasteiger partial charge in [0.2, 0.25) is 0 Å². The highest BCUT2D eigenvalue weighted by Crippen LogP contribution is 2.21. The van der Waals surface area contributed by atoms with E-state index < -0.39 is 0 Å². The Balaban J connectivity index is 2.14. The third kappa shape index (κ3) is 3.66. The molecule has 1 amide bonds. The van der Waals surface area contributed by atoms with Gasteiger partial charge in [0.05, 0.1) is 11.7 Å². The second-order valence-corrected chi connectivity index (χ2v) is 6.31. The fraction of sp³-hybridized carbons (Fsp3) is 0.812. The number of carbonyl (C=O) groups is 1. The van der Waals surface area contributed by atoms with Crippen molar-refractivity contribution in [3.8, 4) is 0 Å². The van der Waals surface area contributed by atoms with Gasteiger partial charge < -0.3 is 10.2 Å². The minimum Gasteiger partial charge on any atom is -0.337 e. The van der Waals surface area contributed by atoms with E-state index in [1.165, 1.54) is 0 Å². The molecule has 22 heavy (non-hydrogen) atoms. The van der Waals surface area contributed by atoms with Crippen molar-refractivity contribution in [2.45, 2.75) is 53.0 Å². The van der Waals surface area contributed by atoms with Gasteiger partial charge in [-0.15, -0.1) is 5.10 Å². The van der Waals surface area contributed by atoms with Crippen LogP contribution < -0.4 is 5.32 Å². The minimum absolute atomic E-state index is 0.0143. The lowest BCUT2D eigenvalue weighted by molar-refractivity contribution is 0.0734. The standard InChI is InChI=1S/C16H29N5O/c1-5-12(3)11-20(6-2)16(22)15-13(4)21(19-18-15)14-7-9-17-10-8-14/h12,14,17H,5-11H2,1-4H3. The van der Waals surface area contributed by atoms with Crippen LogP contribution >= 0.6 is 0 Å². The molecular formula is C16H29N5O. The zero-order chi connectivity index (χ0) is 16.1. The van der Waals surface area contributed by atoms with E-state index in [4.69, 9.17) is 0 Å². The third-order valence-electron chi connectivity index (χ3n) is 4.68. The van der Waals surface area contributed by atoms with Gasteiger partial charge in [0, 0.05) is 13.1 Å². The lowest BCUT2D eigenvalue weighted by Gasteiger charge is -2.24. The first-order valence-electron chi connectivity index (χ1n) is 8.50. The van der Waals surface area contributed by atoms with Gasteiger partial charge >= 0.3 is 0 Å². The molecule has 124 valence electrons. The Morgan fingerprint density at radius 3 is 2.68 bits per heavy atom. The lowest BCUT2D eigenvalue weighted by Crippen LogP contribution is -2.35. The van der Waals surface area contributed by atoms with Crippen LogP contribution in [0.2, 0.25) is 0 Å². The molecule has 0 aliphatic carbocycles. The van der Waals surface area contributed by atoms with Crippen LogP contribution in [0.4, 0.5) is 0 Å². The summed E-state index contributed by atoms with van der Waals surface area (Å²) < 4.78 is 1.95. The second-order valence-electron chi connectivity index (χ2n) is 6.31. The summed E-state index contributed by atoms with van der Waals surface area (Å²) in [7, 11) is 0. The second kappa shape index (κ2) is 7.72. The Kier molecular flexibility index (Phi) is 5.94. The molecule has 1 saturated heterocycles. The topological polar surface area (TPSA) is 63.1 Å². The molecule has 0 bridgehead atoms. The van der Waals surface area contributed by atoms with Crippen LogP contribution in [0.15, 0.2) is 0 Å². The molecule has 2 heterocycles. The first kappa shape index (κ1) is 16.9. The van der Waals surface area contributed by atoms with Crippen molar-refractivity contribution in [3.05, 3.63) is 11.4 Å². The summed E-state index contributed by atoms with van der Waals surface area (Å²) in [5, 5.41) is 11.8. The monoisotopic (exact) mass is 307 g/mol. The predicted molar refractivity (Wildman–Crippen MR) is 86.9 cm³/mol. The number of nitrogens with one attached hydrogen (secondary N) is 1. The van der Waals surface area contributed by atoms with Crippen LogP contribution in [0, 0.1) is 12.8 Å². The number of aromatic nitrogens is 3. The minimum atomic E-state index is 0.0143. The fourth-order valence-electron chi connectivity index (χ4n) is 2.95. The Bertz CT molecular complexity index is 493. The number of hydrogen-bond acceptors (Lipinski definition) is 4. The molecule has 6 nitrogen and oxygen atoms in total. The van der Waals surface area contributed by atoms with Crippen molar-refractivity contribution in [2.24, 2.45) is 5.92 Å². The van der Waals surface area contributed by atoms with Crippen LogP contribution in [-0.4, -0.2) is 52.0 Å². The summed E-state index contributed by atoms with van der Waals surface area (Å²) in [5.41, 5.74) is 1.42. The Hall–Kier alpha value is -1.43. The smallest absolute Gasteiger partial charge is 0.276 e. The first-order valence-corrected chi connectivity index (χ1v) is 8.50. The molecule has 1 unspecified atom stereocenters. The largest absolute Gasteiger partial charge is 0.337 e. The molecule has 1 atom stereocenters. The molecule has 1 fully saturated rings. The van der Waals surface area contributed by atoms with E-state index in [1.807, 2.05) is 23.4 Å². The Morgan fingerprint density at radius 1 is 1.41 bits per heavy atom. The molecule has 1 aliphatic rings. The first-order chi connectivity index (χ1) is 10.6. The SMILES string of the molecule is CCC(C)CN(CC)C(=O)c1nnn(C2CCNCC2)c1C. The van der Waals surface area contributed by atoms with E-state index >= 15 is 0 Å². The average Bonchev–Trinajstić information content (AvgIpc) is 2.94. The summed E-state index contributed by atoms with van der Waals surface area (Å²) in [4.78, 5) is 14.6. The zero-order valence-electron chi connectivity index (χ0n) is 14.3. The normalized spacial score (nSPS) is 17.5. The molecule has 0 spiro atoms. The van der Waals surface area contributed by atoms with Crippen molar-refractivity contribution in [3.63, 3.8) is 0 Å². The van der Waals surface area contributed by atoms with Gasteiger partial charge in [-0.25, -0.2) is 4.68 Å². The quantitative estimate of drug-likeness (QED) is 0.873. The molecule has 6 heteroatoms. The van der Waals surface area contributed by atoms with Gasteiger partial charge in [0.1, 0.15) is 0 Å². The third-order valence-corrected chi connectivity index (χ3v) is 4.68. The fourth-order valence-corrected chi connectivity index (χ4v) is 2.95. The van der Waals surface area contributed by atoms with Crippen molar-refractivity contribution in [2.75, 3.05) is 26.2 Å². The van der Waals surface area contributed by atoms with Gasteiger partial charge in [0.25, 0.3) is 5.91 Å². The van der Waals surface area contributed by atoms with E-state index in [2.05, 4.69) is 29.5 Å². The molecular weight excluding hydrogens is 278 g/mol. The summed E-state index contributed by atoms with van der Waals surface area (Å²) in [5.74, 6) is 0.518. The van der Waals surface area contributed by atoms with Crippen LogP contribution in [0.25, 0.3) is 0 Å². The highest BCUT2D eigenvalue weighted by Gasteiger charge is 2.25. The number of piperidine rings is 1. The van der Waals surface area contributed by atoms with Gasteiger partial charge in [-0.05, 0) is 45.7 Å². The number of amides is 1. The summed E-state index contributed by atoms with van der Waals surface area (Å²) in [6.45, 7) is 11.8. The van der Waals surface area contributed by atoms with Crippen LogP contribution in [-0.2, 0) is 0 Å². The number of hydrogen-bond donors (Lipinski definition) is 1. The molecule has 1 aliphatic heterocycles. The molecule has 0 radical (unpaired) electrons. The number of carbonyl (C=O) groups excluding carboxylic acids is 1. The van der Waals surface area contributed by atoms with Gasteiger partial charge in [-0.3, -0.25) is 4.79 Å². The van der Waals surface area contributed by atoms with E-state index in [9.17, 15) is 4.79 Å². The van der Waals surface area contributed by atoms with Crippen molar-refractivity contribution in [1.82, 2.24) is 25.2 Å². The van der Waals surface area contributed by atoms with Crippen LogP contribution in [0.5, 0.6) is 0 Å². The Labute approximate surface area is 133 Å². The highest BCUT2D eigenvalue weighted by molar-refractivity contribution is 5.93. The zero-order valence-corrected chi connectivity index (χ0v) is 14.3. The van der Waals surface area contributed by atoms with E-state index in [-0.39, 0.29) is 5.91 Å². The molecule has 1 aromatic heterocycles. The van der Waals surface area contributed by atoms with Crippen molar-refractivity contribution >= 4 is 5.91 Å². The molecule has 1 N–H and O–H groups in total. The molecule has 0 aromatic carbocycles. The maximum absolute atomic E-state index is 12.7. The van der Waals surface area contributed by atoms with E-state index in [0.29, 0.717) is 24.2 Å². The molecule has 0 saturated carbocycles. The lowest BCUT2D eigenvalue weighted by atomic mass is 10.1. The summed E-state index contributed by atoms with van der Waals surface area (Å²) in [6.07, 6.45) is 3.16. The molecule has 1 aromatic rings. The molecule has 2 rings (SSSR count). The maximum Gasteiger partial charge on any atom is 0.276 e. The predicted octanol–water partition coefficient (Wildman–Crippen LogP) is 2.02. The summed E-state index contributed by atoms with van der Waals surface area (Å²) >= 11 is 0. The Morgan fingerprint density at radius 2 is 2.09 bits per heavy atom. The number of nitrogens with zero attached hydrogens (tertiary/aromatic N) is 4. The van der Waals surface area contributed by atoms with Crippen molar-refractivity contribution in [1.29, 1.82) is 0 Å². The maximum atomic E-state index is 12.7. The van der Waals surface area contributed by atoms with Crippen LogP contribution in [0.1, 0.15) is 62.3 Å². The van der Waals surface area contributed by atoms with Gasteiger partial charge in [-0.1, -0.05) is 25.5 Å². The average molecular weight is 307 g/mol.